The number of guanidine groups is 1. The van der Waals surface area contributed by atoms with Crippen LogP contribution in [0.3, 0.4) is 0 Å². The van der Waals surface area contributed by atoms with Gasteiger partial charge in [-0.05, 0) is 38.3 Å². The van der Waals surface area contributed by atoms with Gasteiger partial charge in [-0.2, -0.15) is 0 Å². The molecule has 1 aliphatic rings. The van der Waals surface area contributed by atoms with Crippen molar-refractivity contribution in [1.29, 1.82) is 0 Å². The van der Waals surface area contributed by atoms with Gasteiger partial charge in [0.25, 0.3) is 0 Å². The molecule has 0 bridgehead atoms. The Morgan fingerprint density at radius 1 is 1.34 bits per heavy atom. The number of hydrogen-bond acceptors (Lipinski definition) is 6. The van der Waals surface area contributed by atoms with Crippen molar-refractivity contribution in [2.45, 2.75) is 52.0 Å². The third-order valence-electron chi connectivity index (χ3n) is 5.15. The molecule has 3 heterocycles. The highest BCUT2D eigenvalue weighted by Gasteiger charge is 2.24. The summed E-state index contributed by atoms with van der Waals surface area (Å²) in [6.07, 6.45) is 7.81. The molecule has 1 fully saturated rings. The van der Waals surface area contributed by atoms with Crippen LogP contribution in [0.5, 0.6) is 0 Å². The number of furan rings is 1. The second-order valence-corrected chi connectivity index (χ2v) is 8.61. The molecule has 10 heteroatoms. The van der Waals surface area contributed by atoms with Gasteiger partial charge in [-0.15, -0.1) is 35.3 Å². The molecule has 2 aromatic rings. The fourth-order valence-corrected chi connectivity index (χ4v) is 4.27. The Morgan fingerprint density at radius 3 is 2.81 bits per heavy atom. The number of piperidine rings is 1. The zero-order chi connectivity index (χ0) is 21.9. The van der Waals surface area contributed by atoms with Crippen LogP contribution in [0, 0.1) is 0 Å². The monoisotopic (exact) mass is 575 g/mol. The number of aryl methyl sites for hydroxylation is 1. The minimum Gasteiger partial charge on any atom is -0.469 e. The maximum atomic E-state index is 11.9. The molecule has 8 nitrogen and oxygen atoms in total. The lowest BCUT2D eigenvalue weighted by molar-refractivity contribution is 0.0963. The maximum Gasteiger partial charge on any atom is 0.409 e. The second kappa shape index (κ2) is 14.4. The van der Waals surface area contributed by atoms with Crippen molar-refractivity contribution in [3.63, 3.8) is 0 Å². The molecule has 1 aliphatic heterocycles. The molecule has 0 radical (unpaired) electrons. The SMILES string of the molecule is CCOC(=O)N1CCC(NC(=NCCc2ncc(CC)s2)NCCc2ccco2)CC1.I. The molecule has 2 N–H and O–H groups in total. The van der Waals surface area contributed by atoms with E-state index in [1.54, 1.807) is 22.5 Å². The minimum absolute atomic E-state index is 0. The van der Waals surface area contributed by atoms with Crippen molar-refractivity contribution < 1.29 is 13.9 Å². The number of nitrogens with one attached hydrogen (secondary N) is 2. The number of nitrogens with zero attached hydrogens (tertiary/aromatic N) is 3. The molecule has 32 heavy (non-hydrogen) atoms. The van der Waals surface area contributed by atoms with Crippen LogP contribution in [0.25, 0.3) is 0 Å². The summed E-state index contributed by atoms with van der Waals surface area (Å²) in [6, 6.07) is 4.15. The summed E-state index contributed by atoms with van der Waals surface area (Å²) in [6.45, 7) is 7.18. The van der Waals surface area contributed by atoms with E-state index in [0.29, 0.717) is 26.2 Å². The predicted octanol–water partition coefficient (Wildman–Crippen LogP) is 3.86. The lowest BCUT2D eigenvalue weighted by Gasteiger charge is -2.32. The highest BCUT2D eigenvalue weighted by atomic mass is 127. The van der Waals surface area contributed by atoms with Crippen molar-refractivity contribution in [1.82, 2.24) is 20.5 Å². The largest absolute Gasteiger partial charge is 0.469 e. The number of aliphatic imine (C=N–C) groups is 1. The first-order valence-electron chi connectivity index (χ1n) is 11.1. The van der Waals surface area contributed by atoms with Crippen molar-refractivity contribution in [2.24, 2.45) is 4.99 Å². The molecular weight excluding hydrogens is 541 g/mol. The van der Waals surface area contributed by atoms with Gasteiger partial charge in [0.1, 0.15) is 5.76 Å². The normalized spacial score (nSPS) is 14.7. The van der Waals surface area contributed by atoms with Gasteiger partial charge in [0.15, 0.2) is 5.96 Å². The first kappa shape index (κ1) is 26.4. The summed E-state index contributed by atoms with van der Waals surface area (Å²) in [7, 11) is 0. The van der Waals surface area contributed by atoms with Crippen LogP contribution in [0.2, 0.25) is 0 Å². The Labute approximate surface area is 211 Å². The number of rotatable bonds is 9. The smallest absolute Gasteiger partial charge is 0.409 e. The Balaban J connectivity index is 0.00000363. The summed E-state index contributed by atoms with van der Waals surface area (Å²) in [5.41, 5.74) is 0. The number of aromatic nitrogens is 1. The molecule has 0 aromatic carbocycles. The molecule has 3 rings (SSSR count). The van der Waals surface area contributed by atoms with Crippen molar-refractivity contribution >= 4 is 47.4 Å². The van der Waals surface area contributed by atoms with E-state index in [1.165, 1.54) is 4.88 Å². The molecule has 0 atom stereocenters. The Hall–Kier alpha value is -1.82. The number of thiazole rings is 1. The molecule has 2 aromatic heterocycles. The maximum absolute atomic E-state index is 11.9. The molecule has 1 saturated heterocycles. The van der Waals surface area contributed by atoms with Crippen LogP contribution in [0.1, 0.15) is 42.3 Å². The minimum atomic E-state index is -0.221. The molecule has 1 amide bonds. The third-order valence-corrected chi connectivity index (χ3v) is 6.35. The lowest BCUT2D eigenvalue weighted by atomic mass is 10.1. The highest BCUT2D eigenvalue weighted by Crippen LogP contribution is 2.14. The second-order valence-electron chi connectivity index (χ2n) is 7.41. The van der Waals surface area contributed by atoms with Crippen molar-refractivity contribution in [2.75, 3.05) is 32.8 Å². The number of hydrogen-bond donors (Lipinski definition) is 2. The number of halogens is 1. The first-order valence-corrected chi connectivity index (χ1v) is 11.9. The summed E-state index contributed by atoms with van der Waals surface area (Å²) in [5, 5.41) is 8.08. The van der Waals surface area contributed by atoms with Crippen LogP contribution in [-0.2, 0) is 24.0 Å². The Kier molecular flexibility index (Phi) is 11.9. The van der Waals surface area contributed by atoms with E-state index in [9.17, 15) is 4.79 Å². The van der Waals surface area contributed by atoms with E-state index in [-0.39, 0.29) is 36.1 Å². The molecule has 0 aliphatic carbocycles. The average Bonchev–Trinajstić information content (AvgIpc) is 3.46. The molecule has 178 valence electrons. The van der Waals surface area contributed by atoms with E-state index in [2.05, 4.69) is 22.5 Å². The predicted molar refractivity (Wildman–Crippen MR) is 138 cm³/mol. The number of amides is 1. The Bertz CT molecular complexity index is 819. The fourth-order valence-electron chi connectivity index (χ4n) is 3.42. The van der Waals surface area contributed by atoms with Gasteiger partial charge < -0.3 is 24.7 Å². The van der Waals surface area contributed by atoms with Crippen LogP contribution in [-0.4, -0.2) is 60.8 Å². The highest BCUT2D eigenvalue weighted by molar-refractivity contribution is 14.0. The number of carbonyl (C=O) groups is 1. The average molecular weight is 576 g/mol. The number of likely N-dealkylation sites (tertiary alicyclic amines) is 1. The first-order chi connectivity index (χ1) is 15.2. The van der Waals surface area contributed by atoms with Gasteiger partial charge in [0.05, 0.1) is 17.9 Å². The standard InChI is InChI=1S/C22H33N5O3S.HI/c1-3-19-16-25-20(31-19)8-12-24-21(23-11-7-18-6-5-15-30-18)26-17-9-13-27(14-10-17)22(28)29-4-2;/h5-6,15-17H,3-4,7-14H2,1-2H3,(H2,23,24,26);1H. The zero-order valence-corrected chi connectivity index (χ0v) is 22.0. The van der Waals surface area contributed by atoms with E-state index in [0.717, 1.165) is 55.4 Å². The lowest BCUT2D eigenvalue weighted by Crippen LogP contribution is -2.50. The van der Waals surface area contributed by atoms with Gasteiger partial charge in [-0.3, -0.25) is 4.99 Å². The fraction of sp³-hybridized carbons (Fsp3) is 0.591. The van der Waals surface area contributed by atoms with Crippen LogP contribution in [0.4, 0.5) is 4.79 Å². The van der Waals surface area contributed by atoms with Crippen LogP contribution in [0.15, 0.2) is 34.0 Å². The van der Waals surface area contributed by atoms with Crippen LogP contribution < -0.4 is 10.6 Å². The molecule has 0 unspecified atom stereocenters. The molecular formula is C22H34IN5O3S. The van der Waals surface area contributed by atoms with Crippen molar-refractivity contribution in [3.05, 3.63) is 40.2 Å². The quantitative estimate of drug-likeness (QED) is 0.268. The molecule has 0 saturated carbocycles. The van der Waals surface area contributed by atoms with Gasteiger partial charge in [-0.25, -0.2) is 9.78 Å². The van der Waals surface area contributed by atoms with E-state index >= 15 is 0 Å². The third kappa shape index (κ3) is 8.61. The van der Waals surface area contributed by atoms with Crippen LogP contribution >= 0.6 is 35.3 Å². The summed E-state index contributed by atoms with van der Waals surface area (Å²) >= 11 is 1.76. The van der Waals surface area contributed by atoms with Gasteiger partial charge in [0.2, 0.25) is 0 Å². The molecule has 0 spiro atoms. The number of carbonyl (C=O) groups excluding carboxylic acids is 1. The summed E-state index contributed by atoms with van der Waals surface area (Å²) in [4.78, 5) is 24.3. The van der Waals surface area contributed by atoms with E-state index in [1.807, 2.05) is 25.3 Å². The van der Waals surface area contributed by atoms with Gasteiger partial charge >= 0.3 is 6.09 Å². The van der Waals surface area contributed by atoms with E-state index in [4.69, 9.17) is 14.1 Å². The summed E-state index contributed by atoms with van der Waals surface area (Å²) < 4.78 is 10.5. The van der Waals surface area contributed by atoms with Gasteiger partial charge in [-0.1, -0.05) is 6.92 Å². The Morgan fingerprint density at radius 2 is 2.16 bits per heavy atom. The summed E-state index contributed by atoms with van der Waals surface area (Å²) in [5.74, 6) is 1.75. The van der Waals surface area contributed by atoms with Gasteiger partial charge in [0, 0.05) is 56.1 Å². The number of ether oxygens (including phenoxy) is 1. The van der Waals surface area contributed by atoms with E-state index < -0.39 is 0 Å². The zero-order valence-electron chi connectivity index (χ0n) is 18.8. The topological polar surface area (TPSA) is 92.0 Å². The van der Waals surface area contributed by atoms with Crippen molar-refractivity contribution in [3.8, 4) is 0 Å².